The van der Waals surface area contributed by atoms with Crippen LogP contribution in [0.5, 0.6) is 0 Å². The maximum Gasteiger partial charge on any atom is 0.173 e. The van der Waals surface area contributed by atoms with Crippen molar-refractivity contribution in [3.05, 3.63) is 17.5 Å². The van der Waals surface area contributed by atoms with Gasteiger partial charge in [-0.3, -0.25) is 0 Å². The van der Waals surface area contributed by atoms with E-state index in [2.05, 4.69) is 15.0 Å². The molecule has 0 aliphatic carbocycles. The number of hydrogen-bond acceptors (Lipinski definition) is 4. The highest BCUT2D eigenvalue weighted by molar-refractivity contribution is 7.16. The van der Waals surface area contributed by atoms with Crippen LogP contribution in [0.2, 0.25) is 0 Å². The summed E-state index contributed by atoms with van der Waals surface area (Å²) in [6.07, 6.45) is 1.80. The molecule has 0 atom stereocenters. The molecule has 50 valence electrons. The molecule has 0 bridgehead atoms. The third kappa shape index (κ3) is 0.769. The second kappa shape index (κ2) is 1.98. The number of thiazole rings is 1. The van der Waals surface area contributed by atoms with E-state index in [0.717, 1.165) is 16.2 Å². The van der Waals surface area contributed by atoms with Crippen LogP contribution in [0.1, 0.15) is 5.82 Å². The Labute approximate surface area is 61.8 Å². The Kier molecular flexibility index (Phi) is 1.14. The Morgan fingerprint density at radius 1 is 1.40 bits per heavy atom. The summed E-state index contributed by atoms with van der Waals surface area (Å²) in [4.78, 5) is 12.2. The number of aryl methyl sites for hydroxylation is 1. The second-order valence-corrected chi connectivity index (χ2v) is 2.84. The minimum absolute atomic E-state index is 0.776. The zero-order chi connectivity index (χ0) is 6.97. The Balaban J connectivity index is 2.86. The van der Waals surface area contributed by atoms with Gasteiger partial charge in [-0.2, -0.15) is 0 Å². The average Bonchev–Trinajstić information content (AvgIpc) is 2.33. The van der Waals surface area contributed by atoms with Gasteiger partial charge in [0, 0.05) is 0 Å². The number of hydrogen-bond donors (Lipinski definition) is 0. The summed E-state index contributed by atoms with van der Waals surface area (Å²) in [5.41, 5.74) is 2.58. The lowest BCUT2D eigenvalue weighted by atomic mass is 10.6. The molecule has 2 rings (SSSR count). The molecule has 0 fully saturated rings. The van der Waals surface area contributed by atoms with Gasteiger partial charge in [0.05, 0.1) is 16.4 Å². The Hall–Kier alpha value is -1.03. The average molecular weight is 151 g/mol. The molecule has 0 radical (unpaired) electrons. The number of fused-ring (bicyclic) bond motifs is 1. The molecule has 0 N–H and O–H groups in total. The van der Waals surface area contributed by atoms with Crippen LogP contribution in [-0.2, 0) is 0 Å². The highest BCUT2D eigenvalue weighted by atomic mass is 32.1. The fraction of sp³-hybridized carbons (Fsp3) is 0.167. The van der Waals surface area contributed by atoms with E-state index in [1.165, 1.54) is 0 Å². The fourth-order valence-electron chi connectivity index (χ4n) is 0.756. The van der Waals surface area contributed by atoms with Gasteiger partial charge in [-0.15, -0.1) is 11.3 Å². The van der Waals surface area contributed by atoms with E-state index < -0.39 is 0 Å². The van der Waals surface area contributed by atoms with Crippen molar-refractivity contribution < 1.29 is 0 Å². The van der Waals surface area contributed by atoms with Gasteiger partial charge in [-0.1, -0.05) is 0 Å². The van der Waals surface area contributed by atoms with Crippen LogP contribution < -0.4 is 0 Å². The van der Waals surface area contributed by atoms with Gasteiger partial charge in [0.1, 0.15) is 5.82 Å². The lowest BCUT2D eigenvalue weighted by Gasteiger charge is -1.87. The van der Waals surface area contributed by atoms with E-state index in [4.69, 9.17) is 0 Å². The van der Waals surface area contributed by atoms with E-state index in [1.54, 1.807) is 23.0 Å². The predicted octanol–water partition coefficient (Wildman–Crippen LogP) is 1.39. The van der Waals surface area contributed by atoms with Crippen molar-refractivity contribution in [1.82, 2.24) is 15.0 Å². The van der Waals surface area contributed by atoms with Crippen LogP contribution in [0.25, 0.3) is 10.3 Å². The van der Waals surface area contributed by atoms with E-state index >= 15 is 0 Å². The van der Waals surface area contributed by atoms with Crippen LogP contribution in [0.3, 0.4) is 0 Å². The molecule has 0 amide bonds. The van der Waals surface area contributed by atoms with Crippen LogP contribution >= 0.6 is 11.3 Å². The minimum Gasteiger partial charge on any atom is -0.240 e. The molecule has 0 aliphatic rings. The smallest absolute Gasteiger partial charge is 0.173 e. The van der Waals surface area contributed by atoms with Crippen molar-refractivity contribution in [3.63, 3.8) is 0 Å². The first-order valence-electron chi connectivity index (χ1n) is 2.89. The second-order valence-electron chi connectivity index (χ2n) is 1.96. The van der Waals surface area contributed by atoms with Gasteiger partial charge >= 0.3 is 0 Å². The van der Waals surface area contributed by atoms with Gasteiger partial charge in [0.25, 0.3) is 0 Å². The number of nitrogens with zero attached hydrogens (tertiary/aromatic N) is 3. The molecule has 0 saturated heterocycles. The largest absolute Gasteiger partial charge is 0.240 e. The monoisotopic (exact) mass is 151 g/mol. The quantitative estimate of drug-likeness (QED) is 0.571. The predicted molar refractivity (Wildman–Crippen MR) is 39.9 cm³/mol. The standard InChI is InChI=1S/C6H5N3S/c1-4-7-2-5-6(9-4)8-3-10-5/h2-3H,1H3. The molecule has 0 spiro atoms. The third-order valence-corrected chi connectivity index (χ3v) is 1.96. The molecule has 2 aromatic rings. The van der Waals surface area contributed by atoms with Gasteiger partial charge < -0.3 is 0 Å². The SMILES string of the molecule is Cc1ncc2scnc2n1. The highest BCUT2D eigenvalue weighted by Crippen LogP contribution is 2.12. The summed E-state index contributed by atoms with van der Waals surface area (Å²) in [6, 6.07) is 0. The van der Waals surface area contributed by atoms with E-state index in [1.807, 2.05) is 6.92 Å². The zero-order valence-corrected chi connectivity index (χ0v) is 6.22. The molecule has 2 heterocycles. The lowest BCUT2D eigenvalue weighted by molar-refractivity contribution is 1.08. The molecule has 0 aliphatic heterocycles. The first-order valence-corrected chi connectivity index (χ1v) is 3.77. The van der Waals surface area contributed by atoms with Crippen LogP contribution in [-0.4, -0.2) is 15.0 Å². The van der Waals surface area contributed by atoms with Crippen molar-refractivity contribution in [2.24, 2.45) is 0 Å². The van der Waals surface area contributed by atoms with Crippen LogP contribution in [0, 0.1) is 6.92 Å². The van der Waals surface area contributed by atoms with E-state index in [0.29, 0.717) is 0 Å². The van der Waals surface area contributed by atoms with Crippen molar-refractivity contribution in [3.8, 4) is 0 Å². The molecule has 0 aromatic carbocycles. The van der Waals surface area contributed by atoms with E-state index in [9.17, 15) is 0 Å². The molecular weight excluding hydrogens is 146 g/mol. The van der Waals surface area contributed by atoms with Crippen molar-refractivity contribution in [2.75, 3.05) is 0 Å². The minimum atomic E-state index is 0.776. The molecule has 10 heavy (non-hydrogen) atoms. The zero-order valence-electron chi connectivity index (χ0n) is 5.40. The van der Waals surface area contributed by atoms with E-state index in [-0.39, 0.29) is 0 Å². The van der Waals surface area contributed by atoms with Crippen LogP contribution in [0.15, 0.2) is 11.7 Å². The molecule has 4 heteroatoms. The number of rotatable bonds is 0. The number of aromatic nitrogens is 3. The molecule has 2 aromatic heterocycles. The molecular formula is C6H5N3S. The molecule has 0 unspecified atom stereocenters. The Morgan fingerprint density at radius 3 is 3.20 bits per heavy atom. The first kappa shape index (κ1) is 5.73. The maximum atomic E-state index is 4.12. The summed E-state index contributed by atoms with van der Waals surface area (Å²) in [7, 11) is 0. The summed E-state index contributed by atoms with van der Waals surface area (Å²) in [6.45, 7) is 1.86. The summed E-state index contributed by atoms with van der Waals surface area (Å²) >= 11 is 1.56. The molecule has 3 nitrogen and oxygen atoms in total. The van der Waals surface area contributed by atoms with Gasteiger partial charge in [0.15, 0.2) is 5.65 Å². The Morgan fingerprint density at radius 2 is 2.30 bits per heavy atom. The lowest BCUT2D eigenvalue weighted by Crippen LogP contribution is -1.84. The molecule has 0 saturated carbocycles. The van der Waals surface area contributed by atoms with Gasteiger partial charge in [-0.05, 0) is 6.92 Å². The Bertz CT molecular complexity index is 355. The highest BCUT2D eigenvalue weighted by Gasteiger charge is 1.96. The summed E-state index contributed by atoms with van der Waals surface area (Å²) < 4.78 is 1.05. The fourth-order valence-corrected chi connectivity index (χ4v) is 1.34. The van der Waals surface area contributed by atoms with Gasteiger partial charge in [0.2, 0.25) is 0 Å². The summed E-state index contributed by atoms with van der Waals surface area (Å²) in [5, 5.41) is 0. The maximum absolute atomic E-state index is 4.12. The normalized spacial score (nSPS) is 10.5. The first-order chi connectivity index (χ1) is 4.86. The van der Waals surface area contributed by atoms with Crippen molar-refractivity contribution in [2.45, 2.75) is 6.92 Å². The topological polar surface area (TPSA) is 38.7 Å². The van der Waals surface area contributed by atoms with Crippen molar-refractivity contribution >= 4 is 21.7 Å². The van der Waals surface area contributed by atoms with Gasteiger partial charge in [-0.25, -0.2) is 15.0 Å². The third-order valence-electron chi connectivity index (χ3n) is 1.21. The summed E-state index contributed by atoms with van der Waals surface area (Å²) in [5.74, 6) is 0.776. The van der Waals surface area contributed by atoms with Crippen molar-refractivity contribution in [1.29, 1.82) is 0 Å². The van der Waals surface area contributed by atoms with Crippen LogP contribution in [0.4, 0.5) is 0 Å².